The number of carbonyl (C=O) groups is 3. The third-order valence-corrected chi connectivity index (χ3v) is 9.98. The fourth-order valence-corrected chi connectivity index (χ4v) is 7.37. The number of alkyl carbamates (subject to hydrolysis) is 1. The average Bonchev–Trinajstić information content (AvgIpc) is 3.36. The van der Waals surface area contributed by atoms with Crippen LogP contribution in [-0.2, 0) is 29.7 Å². The maximum atomic E-state index is 14.3. The molecule has 0 radical (unpaired) electrons. The Morgan fingerprint density at radius 2 is 1.26 bits per heavy atom. The van der Waals surface area contributed by atoms with Crippen LogP contribution in [0.4, 0.5) is 9.18 Å². The number of benzene rings is 5. The number of nitrogens with one attached hydrogen (secondary N) is 2. The zero-order valence-electron chi connectivity index (χ0n) is 24.9. The van der Waals surface area contributed by atoms with Gasteiger partial charge in [0.25, 0.3) is 0 Å². The summed E-state index contributed by atoms with van der Waals surface area (Å²) in [7, 11) is -3.95. The minimum atomic E-state index is -3.95. The highest BCUT2D eigenvalue weighted by Gasteiger charge is 2.39. The van der Waals surface area contributed by atoms with E-state index >= 15 is 0 Å². The van der Waals surface area contributed by atoms with E-state index in [4.69, 9.17) is 4.74 Å². The number of hydrogen-bond donors (Lipinski definition) is 2. The zero-order chi connectivity index (χ0) is 33.0. The molecule has 10 heteroatoms. The standard InChI is InChI=1S/C37H29FN2O6S/c38-35(42)32(39-36(43)46-24-29-22-31-30-19-11-10-12-25(30)20-21-33(31)47(29,44)45)23-34(41)40-37(26-13-4-1-5-14-26,27-15-6-2-7-16-27)28-17-8-3-9-18-28/h1-22,32H,23-24H2,(H,39,43)(H,40,41)/t32-/m0/s1. The number of amides is 2. The van der Waals surface area contributed by atoms with Gasteiger partial charge in [-0.3, -0.25) is 9.59 Å². The highest BCUT2D eigenvalue weighted by atomic mass is 32.2. The Morgan fingerprint density at radius 3 is 1.81 bits per heavy atom. The van der Waals surface area contributed by atoms with Crippen LogP contribution in [0.15, 0.2) is 137 Å². The Balaban J connectivity index is 1.20. The maximum Gasteiger partial charge on any atom is 0.408 e. The Hall–Kier alpha value is -5.61. The van der Waals surface area contributed by atoms with Gasteiger partial charge in [0.2, 0.25) is 15.7 Å². The molecule has 0 aromatic heterocycles. The van der Waals surface area contributed by atoms with Gasteiger partial charge in [0.1, 0.15) is 18.2 Å². The summed E-state index contributed by atoms with van der Waals surface area (Å²) >= 11 is 0. The minimum Gasteiger partial charge on any atom is -0.444 e. The molecule has 8 nitrogen and oxygen atoms in total. The Bertz CT molecular complexity index is 2010. The highest BCUT2D eigenvalue weighted by molar-refractivity contribution is 7.95. The molecule has 0 unspecified atom stereocenters. The van der Waals surface area contributed by atoms with Gasteiger partial charge in [0.05, 0.1) is 16.2 Å². The molecule has 0 bridgehead atoms. The van der Waals surface area contributed by atoms with E-state index < -0.39 is 52.5 Å². The predicted octanol–water partition coefficient (Wildman–Crippen LogP) is 6.06. The third kappa shape index (κ3) is 6.15. The van der Waals surface area contributed by atoms with E-state index in [9.17, 15) is 27.2 Å². The van der Waals surface area contributed by atoms with Gasteiger partial charge < -0.3 is 15.4 Å². The molecule has 0 saturated carbocycles. The molecule has 0 saturated heterocycles. The van der Waals surface area contributed by atoms with Crippen LogP contribution in [0.25, 0.3) is 16.8 Å². The van der Waals surface area contributed by atoms with Crippen molar-refractivity contribution in [1.82, 2.24) is 10.6 Å². The second kappa shape index (κ2) is 13.0. The van der Waals surface area contributed by atoms with Crippen molar-refractivity contribution in [3.8, 4) is 0 Å². The van der Waals surface area contributed by atoms with Crippen molar-refractivity contribution in [3.63, 3.8) is 0 Å². The summed E-state index contributed by atoms with van der Waals surface area (Å²) in [5, 5.41) is 6.66. The fraction of sp³-hybridized carbons (Fsp3) is 0.108. The van der Waals surface area contributed by atoms with Gasteiger partial charge in [0, 0.05) is 5.56 Å². The molecule has 1 heterocycles. The first kappa shape index (κ1) is 31.4. The largest absolute Gasteiger partial charge is 0.444 e. The summed E-state index contributed by atoms with van der Waals surface area (Å²) in [6, 6.07) is 34.2. The lowest BCUT2D eigenvalue weighted by molar-refractivity contribution is -0.134. The van der Waals surface area contributed by atoms with Crippen molar-refractivity contribution in [3.05, 3.63) is 155 Å². The molecule has 236 valence electrons. The van der Waals surface area contributed by atoms with E-state index in [2.05, 4.69) is 10.6 Å². The molecule has 1 aliphatic rings. The molecular formula is C37H29FN2O6S. The van der Waals surface area contributed by atoms with Crippen LogP contribution in [-0.4, -0.2) is 39.1 Å². The molecular weight excluding hydrogens is 619 g/mol. The van der Waals surface area contributed by atoms with Gasteiger partial charge in [-0.05, 0) is 39.6 Å². The molecule has 1 atom stereocenters. The Kier molecular flexibility index (Phi) is 8.69. The number of ether oxygens (including phenoxy) is 1. The van der Waals surface area contributed by atoms with Crippen molar-refractivity contribution in [2.24, 2.45) is 0 Å². The summed E-state index contributed by atoms with van der Waals surface area (Å²) in [5.74, 6) is -0.735. The van der Waals surface area contributed by atoms with E-state index in [1.54, 1.807) is 18.2 Å². The van der Waals surface area contributed by atoms with Crippen LogP contribution in [0.5, 0.6) is 0 Å². The van der Waals surface area contributed by atoms with Crippen LogP contribution >= 0.6 is 0 Å². The lowest BCUT2D eigenvalue weighted by Gasteiger charge is -2.37. The van der Waals surface area contributed by atoms with Crippen molar-refractivity contribution < 1.29 is 31.9 Å². The Labute approximate surface area is 270 Å². The summed E-state index contributed by atoms with van der Waals surface area (Å²) in [4.78, 5) is 38.3. The van der Waals surface area contributed by atoms with Crippen molar-refractivity contribution in [2.45, 2.75) is 22.9 Å². The second-order valence-electron chi connectivity index (χ2n) is 11.0. The number of fused-ring (bicyclic) bond motifs is 3. The average molecular weight is 649 g/mol. The first-order valence-electron chi connectivity index (χ1n) is 14.8. The van der Waals surface area contributed by atoms with Crippen LogP contribution < -0.4 is 10.6 Å². The van der Waals surface area contributed by atoms with Gasteiger partial charge >= 0.3 is 12.1 Å². The van der Waals surface area contributed by atoms with Crippen LogP contribution in [0.2, 0.25) is 0 Å². The molecule has 5 aromatic carbocycles. The van der Waals surface area contributed by atoms with Crippen LogP contribution in [0.3, 0.4) is 0 Å². The topological polar surface area (TPSA) is 119 Å². The zero-order valence-corrected chi connectivity index (χ0v) is 25.7. The van der Waals surface area contributed by atoms with Crippen molar-refractivity contribution >= 4 is 44.7 Å². The van der Waals surface area contributed by atoms with Crippen LogP contribution in [0, 0.1) is 0 Å². The quantitative estimate of drug-likeness (QED) is 0.141. The van der Waals surface area contributed by atoms with E-state index in [0.717, 1.165) is 10.8 Å². The Morgan fingerprint density at radius 1 is 0.723 bits per heavy atom. The smallest absolute Gasteiger partial charge is 0.408 e. The lowest BCUT2D eigenvalue weighted by Crippen LogP contribution is -2.50. The van der Waals surface area contributed by atoms with Crippen LogP contribution in [0.1, 0.15) is 28.7 Å². The maximum absolute atomic E-state index is 14.3. The molecule has 0 spiro atoms. The molecule has 47 heavy (non-hydrogen) atoms. The lowest BCUT2D eigenvalue weighted by atomic mass is 9.77. The normalized spacial score (nSPS) is 14.0. The van der Waals surface area contributed by atoms with Gasteiger partial charge in [-0.1, -0.05) is 121 Å². The molecule has 2 amide bonds. The highest BCUT2D eigenvalue weighted by Crippen LogP contribution is 2.38. The fourth-order valence-electron chi connectivity index (χ4n) is 5.89. The third-order valence-electron chi connectivity index (χ3n) is 8.12. The SMILES string of the molecule is O=C(C[C@H](NC(=O)OCC1=Cc2c(ccc3ccccc23)S1(=O)=O)C(=O)F)NC(c1ccccc1)(c1ccccc1)c1ccccc1. The minimum absolute atomic E-state index is 0.0856. The molecule has 5 aromatic rings. The summed E-state index contributed by atoms with van der Waals surface area (Å²) < 4.78 is 45.7. The van der Waals surface area contributed by atoms with Gasteiger partial charge in [-0.2, -0.15) is 4.39 Å². The number of carbonyl (C=O) groups excluding carboxylic acids is 3. The number of sulfone groups is 1. The van der Waals surface area contributed by atoms with E-state index in [-0.39, 0.29) is 9.80 Å². The van der Waals surface area contributed by atoms with E-state index in [1.165, 1.54) is 12.1 Å². The molecule has 6 rings (SSSR count). The number of rotatable bonds is 10. The number of halogens is 1. The summed E-state index contributed by atoms with van der Waals surface area (Å²) in [6.45, 7) is -0.657. The summed E-state index contributed by atoms with van der Waals surface area (Å²) in [6.07, 6.45) is -0.579. The van der Waals surface area contributed by atoms with Gasteiger partial charge in [-0.25, -0.2) is 13.2 Å². The number of hydrogen-bond acceptors (Lipinski definition) is 6. The molecule has 0 fully saturated rings. The first-order valence-corrected chi connectivity index (χ1v) is 16.3. The second-order valence-corrected chi connectivity index (χ2v) is 13.0. The van der Waals surface area contributed by atoms with E-state index in [1.807, 2.05) is 103 Å². The first-order chi connectivity index (χ1) is 22.7. The van der Waals surface area contributed by atoms with Gasteiger partial charge in [0.15, 0.2) is 0 Å². The predicted molar refractivity (Wildman–Crippen MR) is 175 cm³/mol. The summed E-state index contributed by atoms with van der Waals surface area (Å²) in [5.41, 5.74) is 1.38. The monoisotopic (exact) mass is 648 g/mol. The van der Waals surface area contributed by atoms with Gasteiger partial charge in [-0.15, -0.1) is 0 Å². The van der Waals surface area contributed by atoms with E-state index in [0.29, 0.717) is 22.3 Å². The molecule has 1 aliphatic heterocycles. The van der Waals surface area contributed by atoms with Crippen molar-refractivity contribution in [1.29, 1.82) is 0 Å². The van der Waals surface area contributed by atoms with Crippen molar-refractivity contribution in [2.75, 3.05) is 6.61 Å². The molecule has 2 N–H and O–H groups in total. The molecule has 0 aliphatic carbocycles.